The lowest BCUT2D eigenvalue weighted by molar-refractivity contribution is 0.0361. The van der Waals surface area contributed by atoms with E-state index in [2.05, 4.69) is 34.6 Å². The summed E-state index contributed by atoms with van der Waals surface area (Å²) in [5, 5.41) is 0. The van der Waals surface area contributed by atoms with Crippen molar-refractivity contribution in [3.63, 3.8) is 0 Å². The van der Waals surface area contributed by atoms with Gasteiger partial charge in [0.15, 0.2) is 0 Å². The number of nitrogens with two attached hydrogens (primary N) is 1. The Morgan fingerprint density at radius 1 is 1.24 bits per heavy atom. The van der Waals surface area contributed by atoms with Gasteiger partial charge in [0.1, 0.15) is 0 Å². The normalized spacial score (nSPS) is 19.1. The van der Waals surface area contributed by atoms with Gasteiger partial charge in [-0.3, -0.25) is 16.2 Å². The van der Waals surface area contributed by atoms with Crippen LogP contribution in [0.3, 0.4) is 0 Å². The molecule has 17 heavy (non-hydrogen) atoms. The van der Waals surface area contributed by atoms with E-state index in [0.29, 0.717) is 0 Å². The van der Waals surface area contributed by atoms with Crippen LogP contribution in [-0.4, -0.2) is 37.7 Å². The van der Waals surface area contributed by atoms with Crippen molar-refractivity contribution >= 4 is 0 Å². The molecule has 1 aromatic rings. The van der Waals surface area contributed by atoms with Crippen molar-refractivity contribution in [2.45, 2.75) is 12.5 Å². The standard InChI is InChI=1S/C13H21N3O/c14-15-13(12-4-2-1-3-5-12)6-7-16-8-10-17-11-9-16/h1-5,13,15H,6-11,14H2/t13-/m0/s1. The van der Waals surface area contributed by atoms with E-state index >= 15 is 0 Å². The molecule has 4 nitrogen and oxygen atoms in total. The fourth-order valence-electron chi connectivity index (χ4n) is 2.17. The highest BCUT2D eigenvalue weighted by Gasteiger charge is 2.14. The van der Waals surface area contributed by atoms with Gasteiger partial charge in [-0.2, -0.15) is 0 Å². The molecular weight excluding hydrogens is 214 g/mol. The monoisotopic (exact) mass is 235 g/mol. The van der Waals surface area contributed by atoms with E-state index < -0.39 is 0 Å². The van der Waals surface area contributed by atoms with Crippen molar-refractivity contribution in [1.82, 2.24) is 10.3 Å². The van der Waals surface area contributed by atoms with Crippen molar-refractivity contribution in [3.05, 3.63) is 35.9 Å². The number of hydrazine groups is 1. The van der Waals surface area contributed by atoms with Gasteiger partial charge in [0.05, 0.1) is 13.2 Å². The molecule has 0 unspecified atom stereocenters. The maximum atomic E-state index is 5.63. The molecule has 1 aromatic carbocycles. The molecule has 0 aromatic heterocycles. The Bertz CT molecular complexity index is 312. The quantitative estimate of drug-likeness (QED) is 0.588. The van der Waals surface area contributed by atoms with Gasteiger partial charge in [-0.1, -0.05) is 30.3 Å². The zero-order valence-electron chi connectivity index (χ0n) is 10.1. The molecule has 4 heteroatoms. The van der Waals surface area contributed by atoms with E-state index in [4.69, 9.17) is 10.6 Å². The fraction of sp³-hybridized carbons (Fsp3) is 0.538. The van der Waals surface area contributed by atoms with Crippen LogP contribution in [-0.2, 0) is 4.74 Å². The van der Waals surface area contributed by atoms with Gasteiger partial charge in [0.2, 0.25) is 0 Å². The topological polar surface area (TPSA) is 50.5 Å². The molecule has 1 aliphatic heterocycles. The van der Waals surface area contributed by atoms with Gasteiger partial charge >= 0.3 is 0 Å². The smallest absolute Gasteiger partial charge is 0.0594 e. The minimum absolute atomic E-state index is 0.235. The summed E-state index contributed by atoms with van der Waals surface area (Å²) in [4.78, 5) is 2.43. The molecule has 1 saturated heterocycles. The van der Waals surface area contributed by atoms with Crippen LogP contribution in [0.2, 0.25) is 0 Å². The molecule has 1 aliphatic rings. The second kappa shape index (κ2) is 6.71. The summed E-state index contributed by atoms with van der Waals surface area (Å²) < 4.78 is 5.34. The molecule has 0 spiro atoms. The third kappa shape index (κ3) is 3.78. The van der Waals surface area contributed by atoms with Crippen LogP contribution in [0.5, 0.6) is 0 Å². The first-order valence-corrected chi connectivity index (χ1v) is 6.21. The third-order valence-corrected chi connectivity index (χ3v) is 3.24. The van der Waals surface area contributed by atoms with Gasteiger partial charge in [-0.15, -0.1) is 0 Å². The Labute approximate surface area is 103 Å². The molecule has 0 amide bonds. The van der Waals surface area contributed by atoms with Crippen LogP contribution >= 0.6 is 0 Å². The summed E-state index contributed by atoms with van der Waals surface area (Å²) in [5.41, 5.74) is 4.15. The van der Waals surface area contributed by atoms with Gasteiger partial charge in [-0.05, 0) is 12.0 Å². The summed E-state index contributed by atoms with van der Waals surface area (Å²) in [6.07, 6.45) is 1.03. The van der Waals surface area contributed by atoms with E-state index in [9.17, 15) is 0 Å². The second-order valence-electron chi connectivity index (χ2n) is 4.37. The van der Waals surface area contributed by atoms with Crippen LogP contribution in [0.1, 0.15) is 18.0 Å². The average molecular weight is 235 g/mol. The SMILES string of the molecule is NN[C@@H](CCN1CCOCC1)c1ccccc1. The van der Waals surface area contributed by atoms with Gasteiger partial charge < -0.3 is 4.74 Å². The Morgan fingerprint density at radius 2 is 1.94 bits per heavy atom. The van der Waals surface area contributed by atoms with Crippen molar-refractivity contribution in [1.29, 1.82) is 0 Å². The third-order valence-electron chi connectivity index (χ3n) is 3.24. The molecular formula is C13H21N3O. The molecule has 2 rings (SSSR count). The lowest BCUT2D eigenvalue weighted by Gasteiger charge is -2.28. The second-order valence-corrected chi connectivity index (χ2v) is 4.37. The zero-order chi connectivity index (χ0) is 11.9. The Morgan fingerprint density at radius 3 is 2.59 bits per heavy atom. The van der Waals surface area contributed by atoms with Gasteiger partial charge in [-0.25, -0.2) is 0 Å². The predicted molar refractivity (Wildman–Crippen MR) is 68.4 cm³/mol. The molecule has 1 atom stereocenters. The Hall–Kier alpha value is -0.940. The highest BCUT2D eigenvalue weighted by molar-refractivity contribution is 5.18. The Kier molecular flexibility index (Phi) is 4.94. The van der Waals surface area contributed by atoms with Gasteiger partial charge in [0.25, 0.3) is 0 Å². The predicted octanol–water partition coefficient (Wildman–Crippen LogP) is 0.913. The first-order chi connectivity index (χ1) is 8.40. The molecule has 1 heterocycles. The zero-order valence-corrected chi connectivity index (χ0v) is 10.1. The maximum Gasteiger partial charge on any atom is 0.0594 e. The number of rotatable bonds is 5. The highest BCUT2D eigenvalue weighted by Crippen LogP contribution is 2.16. The van der Waals surface area contributed by atoms with Crippen LogP contribution in [0.4, 0.5) is 0 Å². The van der Waals surface area contributed by atoms with E-state index in [-0.39, 0.29) is 6.04 Å². The first kappa shape index (κ1) is 12.5. The van der Waals surface area contributed by atoms with Crippen molar-refractivity contribution in [3.8, 4) is 0 Å². The van der Waals surface area contributed by atoms with Crippen LogP contribution < -0.4 is 11.3 Å². The fourth-order valence-corrected chi connectivity index (χ4v) is 2.17. The number of morpholine rings is 1. The number of nitrogens with one attached hydrogen (secondary N) is 1. The molecule has 0 aliphatic carbocycles. The molecule has 0 bridgehead atoms. The molecule has 3 N–H and O–H groups in total. The lowest BCUT2D eigenvalue weighted by Crippen LogP contribution is -2.39. The molecule has 0 radical (unpaired) electrons. The number of ether oxygens (including phenoxy) is 1. The number of hydrogen-bond donors (Lipinski definition) is 2. The first-order valence-electron chi connectivity index (χ1n) is 6.21. The number of hydrogen-bond acceptors (Lipinski definition) is 4. The number of nitrogens with zero attached hydrogens (tertiary/aromatic N) is 1. The molecule has 0 saturated carbocycles. The van der Waals surface area contributed by atoms with E-state index in [1.807, 2.05) is 6.07 Å². The summed E-state index contributed by atoms with van der Waals surface area (Å²) in [6, 6.07) is 10.6. The molecule has 94 valence electrons. The van der Waals surface area contributed by atoms with Crippen LogP contribution in [0.15, 0.2) is 30.3 Å². The summed E-state index contributed by atoms with van der Waals surface area (Å²) >= 11 is 0. The number of benzene rings is 1. The van der Waals surface area contributed by atoms with E-state index in [0.717, 1.165) is 39.3 Å². The lowest BCUT2D eigenvalue weighted by atomic mass is 10.0. The Balaban J connectivity index is 1.83. The molecule has 1 fully saturated rings. The largest absolute Gasteiger partial charge is 0.379 e. The van der Waals surface area contributed by atoms with Crippen LogP contribution in [0, 0.1) is 0 Å². The summed E-state index contributed by atoms with van der Waals surface area (Å²) in [6.45, 7) is 4.84. The summed E-state index contributed by atoms with van der Waals surface area (Å²) in [5.74, 6) is 5.63. The maximum absolute atomic E-state index is 5.63. The van der Waals surface area contributed by atoms with Crippen LogP contribution in [0.25, 0.3) is 0 Å². The minimum atomic E-state index is 0.235. The minimum Gasteiger partial charge on any atom is -0.379 e. The average Bonchev–Trinajstić information content (AvgIpc) is 2.42. The van der Waals surface area contributed by atoms with E-state index in [1.54, 1.807) is 0 Å². The van der Waals surface area contributed by atoms with Crippen molar-refractivity contribution in [2.75, 3.05) is 32.8 Å². The summed E-state index contributed by atoms with van der Waals surface area (Å²) in [7, 11) is 0. The van der Waals surface area contributed by atoms with Crippen molar-refractivity contribution < 1.29 is 4.74 Å². The van der Waals surface area contributed by atoms with Gasteiger partial charge in [0, 0.05) is 25.7 Å². The van der Waals surface area contributed by atoms with Crippen molar-refractivity contribution in [2.24, 2.45) is 5.84 Å². The highest BCUT2D eigenvalue weighted by atomic mass is 16.5. The van der Waals surface area contributed by atoms with E-state index in [1.165, 1.54) is 5.56 Å².